The fourth-order valence-corrected chi connectivity index (χ4v) is 3.68. The molecule has 7 heteroatoms. The second kappa shape index (κ2) is 7.13. The van der Waals surface area contributed by atoms with Crippen LogP contribution in [0.1, 0.15) is 39.4 Å². The van der Waals surface area contributed by atoms with Crippen LogP contribution in [0.5, 0.6) is 0 Å². The number of nitrogens with one attached hydrogen (secondary N) is 1. The Morgan fingerprint density at radius 1 is 1.21 bits per heavy atom. The number of carbonyl (C=O) groups excluding carboxylic acids is 2. The lowest BCUT2D eigenvalue weighted by Gasteiger charge is -2.13. The van der Waals surface area contributed by atoms with Gasteiger partial charge < -0.3 is 11.1 Å². The van der Waals surface area contributed by atoms with Crippen LogP contribution in [0.25, 0.3) is 11.1 Å². The number of benzene rings is 2. The summed E-state index contributed by atoms with van der Waals surface area (Å²) in [7, 11) is 0. The molecule has 1 aliphatic heterocycles. The number of aryl methyl sites for hydroxylation is 1. The van der Waals surface area contributed by atoms with Gasteiger partial charge in [-0.05, 0) is 36.6 Å². The number of nitrogens with zero attached hydrogens (tertiary/aromatic N) is 2. The van der Waals surface area contributed by atoms with E-state index in [0.717, 1.165) is 23.1 Å². The predicted octanol–water partition coefficient (Wildman–Crippen LogP) is 4.32. The minimum Gasteiger partial charge on any atom is -0.398 e. The van der Waals surface area contributed by atoms with Crippen LogP contribution in [-0.4, -0.2) is 21.5 Å². The molecule has 3 aromatic rings. The van der Waals surface area contributed by atoms with E-state index < -0.39 is 5.91 Å². The standard InChI is InChI=1S/C21H19ClN4O2/c1-12-13(5-2-7-15(12)23)14-6-3-8-16(20(14)22)24-21(28)17-11-18-19(27)9-4-10-26(18)25-17/h2-3,5-8,11H,4,9-10,23H2,1H3,(H,24,28). The van der Waals surface area contributed by atoms with Gasteiger partial charge in [0.1, 0.15) is 5.69 Å². The Morgan fingerprint density at radius 2 is 1.96 bits per heavy atom. The summed E-state index contributed by atoms with van der Waals surface area (Å²) in [6.45, 7) is 2.57. The zero-order valence-corrected chi connectivity index (χ0v) is 16.1. The molecule has 3 N–H and O–H groups in total. The third kappa shape index (κ3) is 3.16. The highest BCUT2D eigenvalue weighted by Gasteiger charge is 2.23. The second-order valence-corrected chi connectivity index (χ2v) is 7.18. The number of hydrogen-bond acceptors (Lipinski definition) is 4. The number of nitrogen functional groups attached to an aromatic ring is 1. The Hall–Kier alpha value is -3.12. The van der Waals surface area contributed by atoms with Gasteiger partial charge in [-0.15, -0.1) is 0 Å². The summed E-state index contributed by atoms with van der Waals surface area (Å²) >= 11 is 6.59. The van der Waals surface area contributed by atoms with Crippen LogP contribution in [-0.2, 0) is 6.54 Å². The molecule has 28 heavy (non-hydrogen) atoms. The minimum absolute atomic E-state index is 0.00923. The van der Waals surface area contributed by atoms with Crippen molar-refractivity contribution in [1.29, 1.82) is 0 Å². The number of hydrogen-bond donors (Lipinski definition) is 2. The number of carbonyl (C=O) groups is 2. The van der Waals surface area contributed by atoms with Gasteiger partial charge in [-0.3, -0.25) is 14.3 Å². The average Bonchev–Trinajstić information content (AvgIpc) is 3.12. The lowest BCUT2D eigenvalue weighted by atomic mass is 9.99. The molecular weight excluding hydrogens is 376 g/mol. The van der Waals surface area contributed by atoms with Gasteiger partial charge >= 0.3 is 0 Å². The number of rotatable bonds is 3. The lowest BCUT2D eigenvalue weighted by Crippen LogP contribution is -2.17. The molecule has 0 saturated carbocycles. The normalized spacial score (nSPS) is 13.3. The van der Waals surface area contributed by atoms with Gasteiger partial charge in [-0.25, -0.2) is 0 Å². The third-order valence-corrected chi connectivity index (χ3v) is 5.39. The van der Waals surface area contributed by atoms with Crippen LogP contribution in [0, 0.1) is 6.92 Å². The van der Waals surface area contributed by atoms with Crippen molar-refractivity contribution in [2.75, 3.05) is 11.1 Å². The summed E-state index contributed by atoms with van der Waals surface area (Å²) in [5.41, 5.74) is 10.5. The molecule has 0 atom stereocenters. The maximum Gasteiger partial charge on any atom is 0.276 e. The van der Waals surface area contributed by atoms with Gasteiger partial charge in [-0.2, -0.15) is 5.10 Å². The van der Waals surface area contributed by atoms with Crippen LogP contribution < -0.4 is 11.1 Å². The van der Waals surface area contributed by atoms with Gasteiger partial charge in [0.25, 0.3) is 5.91 Å². The largest absolute Gasteiger partial charge is 0.398 e. The van der Waals surface area contributed by atoms with E-state index >= 15 is 0 Å². The highest BCUT2D eigenvalue weighted by Crippen LogP contribution is 2.36. The van der Waals surface area contributed by atoms with Gasteiger partial charge in [0, 0.05) is 30.3 Å². The monoisotopic (exact) mass is 394 g/mol. The molecule has 0 aliphatic carbocycles. The number of anilines is 2. The number of halogens is 1. The summed E-state index contributed by atoms with van der Waals surface area (Å²) in [6.07, 6.45) is 1.22. The molecule has 142 valence electrons. The van der Waals surface area contributed by atoms with Crippen LogP contribution in [0.15, 0.2) is 42.5 Å². The van der Waals surface area contributed by atoms with E-state index in [-0.39, 0.29) is 11.5 Å². The van der Waals surface area contributed by atoms with Gasteiger partial charge in [0.05, 0.1) is 10.7 Å². The highest BCUT2D eigenvalue weighted by molar-refractivity contribution is 6.36. The molecule has 0 fully saturated rings. The Balaban J connectivity index is 1.65. The number of fused-ring (bicyclic) bond motifs is 1. The molecule has 0 saturated heterocycles. The molecule has 0 radical (unpaired) electrons. The van der Waals surface area contributed by atoms with Gasteiger partial charge in [0.2, 0.25) is 0 Å². The Labute approximate surface area is 167 Å². The van der Waals surface area contributed by atoms with E-state index in [0.29, 0.717) is 35.1 Å². The zero-order chi connectivity index (χ0) is 19.8. The molecule has 1 amide bonds. The maximum absolute atomic E-state index is 12.7. The molecule has 2 heterocycles. The smallest absolute Gasteiger partial charge is 0.276 e. The Morgan fingerprint density at radius 3 is 2.75 bits per heavy atom. The van der Waals surface area contributed by atoms with Gasteiger partial charge in [-0.1, -0.05) is 35.9 Å². The lowest BCUT2D eigenvalue weighted by molar-refractivity contribution is 0.0950. The SMILES string of the molecule is Cc1c(N)cccc1-c1cccc(NC(=O)c2cc3n(n2)CCCC3=O)c1Cl. The summed E-state index contributed by atoms with van der Waals surface area (Å²) in [4.78, 5) is 24.7. The average molecular weight is 395 g/mol. The minimum atomic E-state index is -0.405. The molecule has 6 nitrogen and oxygen atoms in total. The fourth-order valence-electron chi connectivity index (χ4n) is 3.41. The zero-order valence-electron chi connectivity index (χ0n) is 15.3. The Kier molecular flexibility index (Phi) is 4.65. The molecule has 4 rings (SSSR count). The van der Waals surface area contributed by atoms with Crippen LogP contribution in [0.3, 0.4) is 0 Å². The quantitative estimate of drug-likeness (QED) is 0.647. The number of aromatic nitrogens is 2. The summed E-state index contributed by atoms with van der Waals surface area (Å²) in [5.74, 6) is -0.395. The van der Waals surface area contributed by atoms with Crippen molar-refractivity contribution in [3.8, 4) is 11.1 Å². The molecule has 1 aromatic heterocycles. The number of amides is 1. The highest BCUT2D eigenvalue weighted by atomic mass is 35.5. The van der Waals surface area contributed by atoms with E-state index in [2.05, 4.69) is 10.4 Å². The molecule has 0 unspecified atom stereocenters. The van der Waals surface area contributed by atoms with Crippen LogP contribution in [0.4, 0.5) is 11.4 Å². The van der Waals surface area contributed by atoms with Crippen molar-refractivity contribution >= 4 is 34.7 Å². The van der Waals surface area contributed by atoms with E-state index in [1.807, 2.05) is 37.3 Å². The van der Waals surface area contributed by atoms with Crippen molar-refractivity contribution in [1.82, 2.24) is 9.78 Å². The molecule has 2 aromatic carbocycles. The first-order valence-corrected chi connectivity index (χ1v) is 9.40. The van der Waals surface area contributed by atoms with Crippen LogP contribution in [0.2, 0.25) is 5.02 Å². The summed E-state index contributed by atoms with van der Waals surface area (Å²) < 4.78 is 1.59. The molecule has 0 bridgehead atoms. The number of ketones is 1. The molecule has 1 aliphatic rings. The summed E-state index contributed by atoms with van der Waals surface area (Å²) in [6, 6.07) is 12.6. The van der Waals surface area contributed by atoms with Crippen LogP contribution >= 0.6 is 11.6 Å². The maximum atomic E-state index is 12.7. The first-order valence-electron chi connectivity index (χ1n) is 9.02. The first kappa shape index (κ1) is 18.3. The van der Waals surface area contributed by atoms with E-state index in [9.17, 15) is 9.59 Å². The van der Waals surface area contributed by atoms with Crippen molar-refractivity contribution in [3.63, 3.8) is 0 Å². The number of nitrogens with two attached hydrogens (primary N) is 1. The van der Waals surface area contributed by atoms with Gasteiger partial charge in [0.15, 0.2) is 11.5 Å². The molecular formula is C21H19ClN4O2. The van der Waals surface area contributed by atoms with Crippen molar-refractivity contribution in [3.05, 3.63) is 64.4 Å². The van der Waals surface area contributed by atoms with Crippen molar-refractivity contribution < 1.29 is 9.59 Å². The fraction of sp³-hybridized carbons (Fsp3) is 0.190. The van der Waals surface area contributed by atoms with E-state index in [4.69, 9.17) is 17.3 Å². The second-order valence-electron chi connectivity index (χ2n) is 6.81. The number of Topliss-reactive ketones (excluding diaryl/α,β-unsaturated/α-hetero) is 1. The first-order chi connectivity index (χ1) is 13.5. The third-order valence-electron chi connectivity index (χ3n) is 4.98. The predicted molar refractivity (Wildman–Crippen MR) is 110 cm³/mol. The summed E-state index contributed by atoms with van der Waals surface area (Å²) in [5, 5.41) is 7.48. The Bertz CT molecular complexity index is 1100. The van der Waals surface area contributed by atoms with E-state index in [1.165, 1.54) is 6.07 Å². The van der Waals surface area contributed by atoms with E-state index in [1.54, 1.807) is 10.7 Å². The van der Waals surface area contributed by atoms with Crippen molar-refractivity contribution in [2.45, 2.75) is 26.3 Å². The molecule has 0 spiro atoms. The topological polar surface area (TPSA) is 90.0 Å². The van der Waals surface area contributed by atoms with Crippen molar-refractivity contribution in [2.24, 2.45) is 0 Å².